The van der Waals surface area contributed by atoms with E-state index in [0.717, 1.165) is 35.9 Å². The van der Waals surface area contributed by atoms with E-state index in [4.69, 9.17) is 17.3 Å². The van der Waals surface area contributed by atoms with E-state index in [0.29, 0.717) is 5.41 Å². The molecule has 17 heavy (non-hydrogen) atoms. The van der Waals surface area contributed by atoms with E-state index in [-0.39, 0.29) is 0 Å². The summed E-state index contributed by atoms with van der Waals surface area (Å²) in [7, 11) is 0. The molecule has 2 N–H and O–H groups in total. The zero-order valence-electron chi connectivity index (χ0n) is 10.7. The molecule has 0 radical (unpaired) electrons. The van der Waals surface area contributed by atoms with Gasteiger partial charge in [-0.05, 0) is 55.1 Å². The van der Waals surface area contributed by atoms with Crippen LogP contribution in [0.3, 0.4) is 0 Å². The molecule has 0 bridgehead atoms. The second-order valence-electron chi connectivity index (χ2n) is 5.79. The van der Waals surface area contributed by atoms with Gasteiger partial charge in [0.25, 0.3) is 0 Å². The highest BCUT2D eigenvalue weighted by Crippen LogP contribution is 2.31. The van der Waals surface area contributed by atoms with E-state index >= 15 is 0 Å². The lowest BCUT2D eigenvalue weighted by Gasteiger charge is -2.37. The lowest BCUT2D eigenvalue weighted by atomic mass is 9.82. The Morgan fingerprint density at radius 3 is 2.59 bits per heavy atom. The summed E-state index contributed by atoms with van der Waals surface area (Å²) in [5.74, 6) is 0. The van der Waals surface area contributed by atoms with Crippen molar-refractivity contribution in [3.63, 3.8) is 0 Å². The number of nitrogens with zero attached hydrogens (tertiary/aromatic N) is 1. The zero-order chi connectivity index (χ0) is 12.5. The maximum absolute atomic E-state index is 6.19. The van der Waals surface area contributed by atoms with Gasteiger partial charge in [0, 0.05) is 17.3 Å². The summed E-state index contributed by atoms with van der Waals surface area (Å²) < 4.78 is 0. The third kappa shape index (κ3) is 3.36. The van der Waals surface area contributed by atoms with Crippen LogP contribution in [0.1, 0.15) is 32.3 Å². The number of benzene rings is 1. The van der Waals surface area contributed by atoms with Crippen molar-refractivity contribution in [3.8, 4) is 0 Å². The Bertz CT molecular complexity index is 391. The Balaban J connectivity index is 2.00. The van der Waals surface area contributed by atoms with E-state index in [9.17, 15) is 0 Å². The van der Waals surface area contributed by atoms with Gasteiger partial charge in [-0.2, -0.15) is 0 Å². The van der Waals surface area contributed by atoms with E-state index in [2.05, 4.69) is 18.7 Å². The van der Waals surface area contributed by atoms with Crippen LogP contribution in [0.2, 0.25) is 5.02 Å². The van der Waals surface area contributed by atoms with Crippen molar-refractivity contribution in [1.29, 1.82) is 0 Å². The fourth-order valence-electron chi connectivity index (χ4n) is 2.27. The summed E-state index contributed by atoms with van der Waals surface area (Å²) in [5, 5.41) is 0.823. The van der Waals surface area contributed by atoms with E-state index in [1.807, 2.05) is 18.2 Å². The number of piperidine rings is 1. The molecule has 2 nitrogen and oxygen atoms in total. The minimum absolute atomic E-state index is 0.496. The van der Waals surface area contributed by atoms with Crippen molar-refractivity contribution >= 4 is 17.3 Å². The average Bonchev–Trinajstić information content (AvgIpc) is 2.26. The average molecular weight is 253 g/mol. The number of halogens is 1. The molecule has 1 aromatic carbocycles. The van der Waals surface area contributed by atoms with Gasteiger partial charge in [-0.1, -0.05) is 25.4 Å². The van der Waals surface area contributed by atoms with Gasteiger partial charge in [0.2, 0.25) is 0 Å². The highest BCUT2D eigenvalue weighted by molar-refractivity contribution is 6.31. The quantitative estimate of drug-likeness (QED) is 0.816. The highest BCUT2D eigenvalue weighted by Gasteiger charge is 2.25. The predicted molar refractivity (Wildman–Crippen MR) is 74.2 cm³/mol. The second kappa shape index (κ2) is 4.87. The van der Waals surface area contributed by atoms with E-state index in [1.165, 1.54) is 12.8 Å². The van der Waals surface area contributed by atoms with E-state index < -0.39 is 0 Å². The summed E-state index contributed by atoms with van der Waals surface area (Å²) in [5.41, 5.74) is 8.23. The molecule has 1 heterocycles. The lowest BCUT2D eigenvalue weighted by molar-refractivity contribution is 0.127. The first-order chi connectivity index (χ1) is 7.96. The van der Waals surface area contributed by atoms with Gasteiger partial charge in [-0.3, -0.25) is 4.90 Å². The van der Waals surface area contributed by atoms with Crippen molar-refractivity contribution in [2.24, 2.45) is 5.41 Å². The van der Waals surface area contributed by atoms with Crippen LogP contribution < -0.4 is 5.73 Å². The third-order valence-electron chi connectivity index (χ3n) is 3.67. The molecule has 2 rings (SSSR count). The Labute approximate surface area is 109 Å². The summed E-state index contributed by atoms with van der Waals surface area (Å²) in [6.07, 6.45) is 2.51. The smallest absolute Gasteiger partial charge is 0.0452 e. The maximum Gasteiger partial charge on any atom is 0.0452 e. The third-order valence-corrected chi connectivity index (χ3v) is 4.04. The molecule has 1 aliphatic heterocycles. The number of nitrogens with two attached hydrogens (primary N) is 1. The van der Waals surface area contributed by atoms with Crippen LogP contribution in [0.5, 0.6) is 0 Å². The number of anilines is 1. The summed E-state index contributed by atoms with van der Waals surface area (Å²) in [6, 6.07) is 5.73. The standard InChI is InChI=1S/C14H21ClN2/c1-14(2)5-7-17(8-6-14)10-11-9-12(16)3-4-13(11)15/h3-4,9H,5-8,10,16H2,1-2H3. The molecule has 0 aliphatic carbocycles. The van der Waals surface area contributed by atoms with Crippen LogP contribution in [-0.2, 0) is 6.54 Å². The molecule has 0 saturated carbocycles. The van der Waals surface area contributed by atoms with E-state index in [1.54, 1.807) is 0 Å². The minimum atomic E-state index is 0.496. The Morgan fingerprint density at radius 1 is 1.29 bits per heavy atom. The van der Waals surface area contributed by atoms with Crippen molar-refractivity contribution in [3.05, 3.63) is 28.8 Å². The Kier molecular flexibility index (Phi) is 3.64. The van der Waals surface area contributed by atoms with Gasteiger partial charge >= 0.3 is 0 Å². The van der Waals surface area contributed by atoms with Crippen molar-refractivity contribution in [2.75, 3.05) is 18.8 Å². The molecule has 0 spiro atoms. The summed E-state index contributed by atoms with van der Waals surface area (Å²) in [4.78, 5) is 2.46. The van der Waals surface area contributed by atoms with Gasteiger partial charge < -0.3 is 5.73 Å². The second-order valence-corrected chi connectivity index (χ2v) is 6.20. The lowest BCUT2D eigenvalue weighted by Crippen LogP contribution is -2.36. The van der Waals surface area contributed by atoms with Crippen molar-refractivity contribution < 1.29 is 0 Å². The van der Waals surface area contributed by atoms with Gasteiger partial charge in [0.05, 0.1) is 0 Å². The number of likely N-dealkylation sites (tertiary alicyclic amines) is 1. The summed E-state index contributed by atoms with van der Waals surface area (Å²) in [6.45, 7) is 7.91. The van der Waals surface area contributed by atoms with Crippen LogP contribution in [0.25, 0.3) is 0 Å². The molecule has 1 aromatic rings. The first-order valence-electron chi connectivity index (χ1n) is 6.23. The fourth-order valence-corrected chi connectivity index (χ4v) is 2.45. The van der Waals surface area contributed by atoms with Crippen LogP contribution >= 0.6 is 11.6 Å². The molecule has 94 valence electrons. The number of nitrogen functional groups attached to an aromatic ring is 1. The Hall–Kier alpha value is -0.730. The normalized spacial score (nSPS) is 20.4. The molecule has 0 aromatic heterocycles. The fraction of sp³-hybridized carbons (Fsp3) is 0.571. The number of rotatable bonds is 2. The number of hydrogen-bond donors (Lipinski definition) is 1. The molecule has 0 amide bonds. The SMILES string of the molecule is CC1(C)CCN(Cc2cc(N)ccc2Cl)CC1. The van der Waals surface area contributed by atoms with Gasteiger partial charge in [0.15, 0.2) is 0 Å². The van der Waals surface area contributed by atoms with Crippen molar-refractivity contribution in [2.45, 2.75) is 33.2 Å². The monoisotopic (exact) mass is 252 g/mol. The zero-order valence-corrected chi connectivity index (χ0v) is 11.4. The van der Waals surface area contributed by atoms with Crippen molar-refractivity contribution in [1.82, 2.24) is 4.90 Å². The Morgan fingerprint density at radius 2 is 1.94 bits per heavy atom. The first kappa shape index (κ1) is 12.7. The maximum atomic E-state index is 6.19. The van der Waals surface area contributed by atoms with Crippen LogP contribution in [-0.4, -0.2) is 18.0 Å². The molecular weight excluding hydrogens is 232 g/mol. The largest absolute Gasteiger partial charge is 0.399 e. The topological polar surface area (TPSA) is 29.3 Å². The van der Waals surface area contributed by atoms with Crippen LogP contribution in [0.15, 0.2) is 18.2 Å². The molecule has 1 fully saturated rings. The highest BCUT2D eigenvalue weighted by atomic mass is 35.5. The molecule has 0 atom stereocenters. The minimum Gasteiger partial charge on any atom is -0.399 e. The number of hydrogen-bond acceptors (Lipinski definition) is 2. The van der Waals surface area contributed by atoms with Gasteiger partial charge in [-0.25, -0.2) is 0 Å². The predicted octanol–water partition coefficient (Wildman–Crippen LogP) is 3.54. The molecule has 1 aliphatic rings. The molecular formula is C14H21ClN2. The van der Waals surface area contributed by atoms with Crippen LogP contribution in [0, 0.1) is 5.41 Å². The van der Waals surface area contributed by atoms with Gasteiger partial charge in [-0.15, -0.1) is 0 Å². The summed E-state index contributed by atoms with van der Waals surface area (Å²) >= 11 is 6.19. The van der Waals surface area contributed by atoms with Crippen LogP contribution in [0.4, 0.5) is 5.69 Å². The molecule has 0 unspecified atom stereocenters. The molecule has 3 heteroatoms. The first-order valence-corrected chi connectivity index (χ1v) is 6.60. The molecule has 1 saturated heterocycles. The van der Waals surface area contributed by atoms with Gasteiger partial charge in [0.1, 0.15) is 0 Å².